The van der Waals surface area contributed by atoms with Crippen LogP contribution in [-0.2, 0) is 0 Å². The topological polar surface area (TPSA) is 52.5 Å². The predicted molar refractivity (Wildman–Crippen MR) is 51.4 cm³/mol. The van der Waals surface area contributed by atoms with E-state index in [1.807, 2.05) is 11.8 Å². The number of rotatable bonds is 5. The molecule has 0 aromatic carbocycles. The lowest BCUT2D eigenvalue weighted by atomic mass is 10.1. The first kappa shape index (κ1) is 10.3. The van der Waals surface area contributed by atoms with Crippen molar-refractivity contribution in [2.24, 2.45) is 5.92 Å². The molecule has 0 amide bonds. The Hall–Kier alpha value is 0.230. The second kappa shape index (κ2) is 5.80. The number of aliphatic hydroxyl groups excluding tert-OH is 2. The highest BCUT2D eigenvalue weighted by Crippen LogP contribution is 2.22. The number of nitrogens with one attached hydrogen (secondary N) is 1. The van der Waals surface area contributed by atoms with Gasteiger partial charge in [0.1, 0.15) is 0 Å². The third kappa shape index (κ3) is 3.31. The van der Waals surface area contributed by atoms with Crippen LogP contribution in [0.3, 0.4) is 0 Å². The van der Waals surface area contributed by atoms with Gasteiger partial charge in [-0.3, -0.25) is 0 Å². The van der Waals surface area contributed by atoms with E-state index in [-0.39, 0.29) is 19.3 Å². The number of hydrogen-bond donors (Lipinski definition) is 3. The fourth-order valence-corrected chi connectivity index (χ4v) is 2.55. The average Bonchev–Trinajstić information content (AvgIpc) is 2.59. The van der Waals surface area contributed by atoms with Crippen molar-refractivity contribution in [3.63, 3.8) is 0 Å². The highest BCUT2D eigenvalue weighted by Gasteiger charge is 2.16. The first-order valence-electron chi connectivity index (χ1n) is 4.39. The molecule has 0 saturated carbocycles. The quantitative estimate of drug-likeness (QED) is 0.557. The van der Waals surface area contributed by atoms with Crippen LogP contribution in [0.4, 0.5) is 0 Å². The summed E-state index contributed by atoms with van der Waals surface area (Å²) in [4.78, 5) is 0. The van der Waals surface area contributed by atoms with E-state index in [1.165, 1.54) is 17.9 Å². The third-order valence-electron chi connectivity index (χ3n) is 2.16. The van der Waals surface area contributed by atoms with Gasteiger partial charge in [0.2, 0.25) is 0 Å². The van der Waals surface area contributed by atoms with Crippen molar-refractivity contribution >= 4 is 11.8 Å². The maximum atomic E-state index is 8.77. The Morgan fingerprint density at radius 1 is 1.42 bits per heavy atom. The molecule has 1 unspecified atom stereocenters. The van der Waals surface area contributed by atoms with Crippen molar-refractivity contribution in [2.45, 2.75) is 12.5 Å². The third-order valence-corrected chi connectivity index (χ3v) is 3.39. The minimum Gasteiger partial charge on any atom is -0.395 e. The van der Waals surface area contributed by atoms with E-state index in [2.05, 4.69) is 5.32 Å². The van der Waals surface area contributed by atoms with Crippen LogP contribution < -0.4 is 5.32 Å². The SMILES string of the molecule is OCC(CO)NCC1CCSC1. The fourth-order valence-electron chi connectivity index (χ4n) is 1.26. The summed E-state index contributed by atoms with van der Waals surface area (Å²) in [5.74, 6) is 3.21. The Balaban J connectivity index is 2.06. The van der Waals surface area contributed by atoms with Crippen molar-refractivity contribution in [3.05, 3.63) is 0 Å². The lowest BCUT2D eigenvalue weighted by Crippen LogP contribution is -2.38. The molecule has 12 heavy (non-hydrogen) atoms. The van der Waals surface area contributed by atoms with Gasteiger partial charge in [-0.25, -0.2) is 0 Å². The smallest absolute Gasteiger partial charge is 0.0607 e. The molecule has 0 aromatic heterocycles. The molecule has 1 saturated heterocycles. The van der Waals surface area contributed by atoms with Crippen molar-refractivity contribution in [1.82, 2.24) is 5.32 Å². The largest absolute Gasteiger partial charge is 0.395 e. The Morgan fingerprint density at radius 2 is 2.17 bits per heavy atom. The number of thioether (sulfide) groups is 1. The summed E-state index contributed by atoms with van der Waals surface area (Å²) in [5, 5.41) is 20.7. The van der Waals surface area contributed by atoms with Gasteiger partial charge in [0, 0.05) is 0 Å². The minimum atomic E-state index is -0.129. The van der Waals surface area contributed by atoms with Crippen molar-refractivity contribution in [1.29, 1.82) is 0 Å². The molecule has 1 fully saturated rings. The Bertz CT molecular complexity index is 112. The minimum absolute atomic E-state index is 0.0242. The average molecular weight is 191 g/mol. The zero-order valence-electron chi connectivity index (χ0n) is 7.20. The highest BCUT2D eigenvalue weighted by atomic mass is 32.2. The van der Waals surface area contributed by atoms with Gasteiger partial charge in [0.05, 0.1) is 19.3 Å². The van der Waals surface area contributed by atoms with E-state index >= 15 is 0 Å². The monoisotopic (exact) mass is 191 g/mol. The van der Waals surface area contributed by atoms with Crippen LogP contribution in [0.5, 0.6) is 0 Å². The van der Waals surface area contributed by atoms with Gasteiger partial charge in [-0.15, -0.1) is 0 Å². The van der Waals surface area contributed by atoms with E-state index < -0.39 is 0 Å². The van der Waals surface area contributed by atoms with Crippen LogP contribution in [-0.4, -0.2) is 47.5 Å². The molecule has 3 nitrogen and oxygen atoms in total. The summed E-state index contributed by atoms with van der Waals surface area (Å²) in [6.45, 7) is 0.978. The second-order valence-corrected chi connectivity index (χ2v) is 4.35. The van der Waals surface area contributed by atoms with Gasteiger partial charge in [-0.1, -0.05) is 0 Å². The summed E-state index contributed by atoms with van der Waals surface area (Å²) in [6.07, 6.45) is 1.27. The Kier molecular flexibility index (Phi) is 4.99. The molecular formula is C8H17NO2S. The fraction of sp³-hybridized carbons (Fsp3) is 1.00. The van der Waals surface area contributed by atoms with Crippen LogP contribution in [0.25, 0.3) is 0 Å². The van der Waals surface area contributed by atoms with Crippen molar-refractivity contribution in [2.75, 3.05) is 31.3 Å². The van der Waals surface area contributed by atoms with Gasteiger partial charge in [0.25, 0.3) is 0 Å². The number of hydrogen-bond acceptors (Lipinski definition) is 4. The van der Waals surface area contributed by atoms with Crippen molar-refractivity contribution in [3.8, 4) is 0 Å². The molecule has 0 aliphatic carbocycles. The van der Waals surface area contributed by atoms with E-state index in [1.54, 1.807) is 0 Å². The summed E-state index contributed by atoms with van der Waals surface area (Å²) in [7, 11) is 0. The summed E-state index contributed by atoms with van der Waals surface area (Å²) >= 11 is 1.98. The second-order valence-electron chi connectivity index (χ2n) is 3.20. The van der Waals surface area contributed by atoms with E-state index in [4.69, 9.17) is 10.2 Å². The Morgan fingerprint density at radius 3 is 2.67 bits per heavy atom. The first-order valence-corrected chi connectivity index (χ1v) is 5.55. The highest BCUT2D eigenvalue weighted by molar-refractivity contribution is 7.99. The molecule has 0 radical (unpaired) electrons. The molecule has 0 bridgehead atoms. The van der Waals surface area contributed by atoms with Crippen LogP contribution >= 0.6 is 11.8 Å². The van der Waals surface area contributed by atoms with Gasteiger partial charge in [-0.05, 0) is 30.4 Å². The zero-order chi connectivity index (χ0) is 8.81. The van der Waals surface area contributed by atoms with Crippen LogP contribution in [0.1, 0.15) is 6.42 Å². The molecule has 3 N–H and O–H groups in total. The van der Waals surface area contributed by atoms with E-state index in [0.29, 0.717) is 0 Å². The van der Waals surface area contributed by atoms with E-state index in [9.17, 15) is 0 Å². The molecule has 1 aliphatic heterocycles. The van der Waals surface area contributed by atoms with Gasteiger partial charge in [-0.2, -0.15) is 11.8 Å². The summed E-state index contributed by atoms with van der Waals surface area (Å²) < 4.78 is 0. The molecule has 4 heteroatoms. The van der Waals surface area contributed by atoms with Crippen LogP contribution in [0.15, 0.2) is 0 Å². The zero-order valence-corrected chi connectivity index (χ0v) is 8.02. The summed E-state index contributed by atoms with van der Waals surface area (Å²) in [5.41, 5.74) is 0. The molecule has 72 valence electrons. The lowest BCUT2D eigenvalue weighted by molar-refractivity contribution is 0.168. The maximum absolute atomic E-state index is 8.77. The summed E-state index contributed by atoms with van der Waals surface area (Å²) in [6, 6.07) is -0.129. The normalized spacial score (nSPS) is 23.8. The van der Waals surface area contributed by atoms with Gasteiger partial charge in [0.15, 0.2) is 0 Å². The molecule has 1 heterocycles. The molecule has 0 spiro atoms. The maximum Gasteiger partial charge on any atom is 0.0607 e. The van der Waals surface area contributed by atoms with Crippen LogP contribution in [0.2, 0.25) is 0 Å². The van der Waals surface area contributed by atoms with Gasteiger partial charge < -0.3 is 15.5 Å². The Labute approximate surface area is 77.5 Å². The molecule has 1 atom stereocenters. The number of aliphatic hydroxyl groups is 2. The lowest BCUT2D eigenvalue weighted by Gasteiger charge is -2.16. The van der Waals surface area contributed by atoms with Gasteiger partial charge >= 0.3 is 0 Å². The van der Waals surface area contributed by atoms with Crippen LogP contribution in [0, 0.1) is 5.92 Å². The molecule has 1 rings (SSSR count). The molecular weight excluding hydrogens is 174 g/mol. The predicted octanol–water partition coefficient (Wildman–Crippen LogP) is -0.318. The standard InChI is InChI=1S/C8H17NO2S/c10-4-8(5-11)9-3-7-1-2-12-6-7/h7-11H,1-6H2. The van der Waals surface area contributed by atoms with Crippen molar-refractivity contribution < 1.29 is 10.2 Å². The molecule has 1 aliphatic rings. The first-order chi connectivity index (χ1) is 5.86. The molecule has 0 aromatic rings. The van der Waals surface area contributed by atoms with E-state index in [0.717, 1.165) is 12.5 Å².